The average Bonchev–Trinajstić information content (AvgIpc) is 3.02. The first-order chi connectivity index (χ1) is 11.4. The third-order valence-electron chi connectivity index (χ3n) is 2.96. The van der Waals surface area contributed by atoms with Gasteiger partial charge in [-0.25, -0.2) is 9.78 Å². The summed E-state index contributed by atoms with van der Waals surface area (Å²) in [6.07, 6.45) is 1.39. The van der Waals surface area contributed by atoms with Gasteiger partial charge in [0, 0.05) is 18.3 Å². The molecule has 0 saturated heterocycles. The Morgan fingerprint density at radius 1 is 1.33 bits per heavy atom. The van der Waals surface area contributed by atoms with E-state index >= 15 is 0 Å². The zero-order chi connectivity index (χ0) is 17.7. The predicted molar refractivity (Wildman–Crippen MR) is 89.8 cm³/mol. The summed E-state index contributed by atoms with van der Waals surface area (Å²) in [6, 6.07) is 4.64. The molecule has 1 heterocycles. The van der Waals surface area contributed by atoms with Gasteiger partial charge in [-0.1, -0.05) is 0 Å². The zero-order valence-corrected chi connectivity index (χ0v) is 13.9. The Morgan fingerprint density at radius 3 is 2.75 bits per heavy atom. The van der Waals surface area contributed by atoms with E-state index in [0.717, 1.165) is 11.3 Å². The Kier molecular flexibility index (Phi) is 5.48. The fraction of sp³-hybridized carbons (Fsp3) is 0.200. The van der Waals surface area contributed by atoms with Crippen molar-refractivity contribution in [1.82, 2.24) is 10.3 Å². The number of carbonyl (C=O) groups excluding carboxylic acids is 3. The van der Waals surface area contributed by atoms with Gasteiger partial charge >= 0.3 is 5.97 Å². The number of nitrogens with one attached hydrogen (secondary N) is 2. The summed E-state index contributed by atoms with van der Waals surface area (Å²) in [5, 5.41) is 5.81. The van der Waals surface area contributed by atoms with Crippen LogP contribution in [0.2, 0.25) is 0 Å². The van der Waals surface area contributed by atoms with E-state index in [1.807, 2.05) is 0 Å². The van der Waals surface area contributed by atoms with Crippen molar-refractivity contribution in [1.29, 1.82) is 0 Å². The van der Waals surface area contributed by atoms with E-state index < -0.39 is 11.9 Å². The monoisotopic (exact) mass is 348 g/mol. The molecule has 0 atom stereocenters. The van der Waals surface area contributed by atoms with Gasteiger partial charge in [0.25, 0.3) is 5.91 Å². The van der Waals surface area contributed by atoms with E-state index in [9.17, 15) is 14.4 Å². The van der Waals surface area contributed by atoms with Crippen LogP contribution in [0.4, 0.5) is 11.4 Å². The van der Waals surface area contributed by atoms with Gasteiger partial charge in [0.15, 0.2) is 0 Å². The number of rotatable bonds is 5. The SMILES string of the molecule is COC(=O)c1cnc(CNC(=O)c2cc(NC(C)=O)ccc2N)s1. The van der Waals surface area contributed by atoms with Gasteiger partial charge in [0.2, 0.25) is 5.91 Å². The molecule has 24 heavy (non-hydrogen) atoms. The van der Waals surface area contributed by atoms with E-state index in [-0.39, 0.29) is 23.7 Å². The second-order valence-corrected chi connectivity index (χ2v) is 5.89. The maximum Gasteiger partial charge on any atom is 0.349 e. The van der Waals surface area contributed by atoms with Crippen molar-refractivity contribution < 1.29 is 19.1 Å². The number of amides is 2. The molecule has 126 valence electrons. The minimum absolute atomic E-state index is 0.143. The highest BCUT2D eigenvalue weighted by atomic mass is 32.1. The Labute approximate surface area is 142 Å². The number of methoxy groups -OCH3 is 1. The van der Waals surface area contributed by atoms with Crippen LogP contribution < -0.4 is 16.4 Å². The highest BCUT2D eigenvalue weighted by Gasteiger charge is 2.14. The number of hydrogen-bond acceptors (Lipinski definition) is 7. The van der Waals surface area contributed by atoms with Gasteiger partial charge in [-0.15, -0.1) is 11.3 Å². The van der Waals surface area contributed by atoms with Gasteiger partial charge in [-0.3, -0.25) is 9.59 Å². The molecule has 0 fully saturated rings. The minimum atomic E-state index is -0.475. The number of nitrogens with zero attached hydrogens (tertiary/aromatic N) is 1. The van der Waals surface area contributed by atoms with Crippen molar-refractivity contribution in [2.45, 2.75) is 13.5 Å². The smallest absolute Gasteiger partial charge is 0.349 e. The Hall–Kier alpha value is -2.94. The Bertz CT molecular complexity index is 788. The molecule has 1 aromatic carbocycles. The largest absolute Gasteiger partial charge is 0.465 e. The molecule has 2 aromatic rings. The number of carbonyl (C=O) groups is 3. The second-order valence-electron chi connectivity index (χ2n) is 4.78. The van der Waals surface area contributed by atoms with Crippen molar-refractivity contribution in [3.63, 3.8) is 0 Å². The van der Waals surface area contributed by atoms with Crippen LogP contribution in [0.3, 0.4) is 0 Å². The molecular formula is C15H16N4O4S. The number of benzene rings is 1. The molecule has 0 aliphatic rings. The molecule has 0 aliphatic carbocycles. The number of anilines is 2. The summed E-state index contributed by atoms with van der Waals surface area (Å²) >= 11 is 1.13. The van der Waals surface area contributed by atoms with E-state index in [2.05, 4.69) is 20.4 Å². The van der Waals surface area contributed by atoms with Crippen LogP contribution in [0.1, 0.15) is 32.0 Å². The molecule has 0 spiro atoms. The first-order valence-electron chi connectivity index (χ1n) is 6.89. The zero-order valence-electron chi connectivity index (χ0n) is 13.1. The van der Waals surface area contributed by atoms with Crippen LogP contribution >= 0.6 is 11.3 Å². The topological polar surface area (TPSA) is 123 Å². The molecular weight excluding hydrogens is 332 g/mol. The van der Waals surface area contributed by atoms with Gasteiger partial charge in [0.05, 0.1) is 25.4 Å². The van der Waals surface area contributed by atoms with Crippen LogP contribution in [-0.2, 0) is 16.1 Å². The standard InChI is InChI=1S/C15H16N4O4S/c1-8(20)19-9-3-4-11(16)10(5-9)14(21)18-7-13-17-6-12(24-13)15(22)23-2/h3-6H,7,16H2,1-2H3,(H,18,21)(H,19,20). The normalized spacial score (nSPS) is 10.1. The van der Waals surface area contributed by atoms with Crippen molar-refractivity contribution in [2.24, 2.45) is 0 Å². The third-order valence-corrected chi connectivity index (χ3v) is 3.94. The molecule has 0 radical (unpaired) electrons. The van der Waals surface area contributed by atoms with Gasteiger partial charge in [-0.2, -0.15) is 0 Å². The molecule has 8 nitrogen and oxygen atoms in total. The maximum atomic E-state index is 12.3. The van der Waals surface area contributed by atoms with Crippen molar-refractivity contribution in [3.05, 3.63) is 39.8 Å². The molecule has 1 aromatic heterocycles. The van der Waals surface area contributed by atoms with E-state index in [1.54, 1.807) is 12.1 Å². The van der Waals surface area contributed by atoms with Gasteiger partial charge < -0.3 is 21.1 Å². The summed E-state index contributed by atoms with van der Waals surface area (Å²) in [7, 11) is 1.29. The van der Waals surface area contributed by atoms with Crippen molar-refractivity contribution >= 4 is 40.5 Å². The van der Waals surface area contributed by atoms with E-state index in [0.29, 0.717) is 15.6 Å². The summed E-state index contributed by atoms with van der Waals surface area (Å²) < 4.78 is 4.60. The minimum Gasteiger partial charge on any atom is -0.465 e. The van der Waals surface area contributed by atoms with Crippen LogP contribution in [0, 0.1) is 0 Å². The number of nitrogens with two attached hydrogens (primary N) is 1. The lowest BCUT2D eigenvalue weighted by molar-refractivity contribution is -0.114. The predicted octanol–water partition coefficient (Wildman–Crippen LogP) is 1.40. The Balaban J connectivity index is 2.05. The molecule has 0 aliphatic heterocycles. The highest BCUT2D eigenvalue weighted by Crippen LogP contribution is 2.19. The van der Waals surface area contributed by atoms with Gasteiger partial charge in [0.1, 0.15) is 9.88 Å². The number of aromatic nitrogens is 1. The molecule has 4 N–H and O–H groups in total. The van der Waals surface area contributed by atoms with E-state index in [4.69, 9.17) is 5.73 Å². The summed E-state index contributed by atoms with van der Waals surface area (Å²) in [5.41, 5.74) is 6.81. The maximum absolute atomic E-state index is 12.3. The fourth-order valence-corrected chi connectivity index (χ4v) is 2.65. The molecule has 0 saturated carbocycles. The number of ether oxygens (including phenoxy) is 1. The number of nitrogen functional groups attached to an aromatic ring is 1. The number of esters is 1. The van der Waals surface area contributed by atoms with Crippen molar-refractivity contribution in [2.75, 3.05) is 18.2 Å². The summed E-state index contributed by atoms with van der Waals surface area (Å²) in [6.45, 7) is 1.52. The lowest BCUT2D eigenvalue weighted by Crippen LogP contribution is -2.24. The second kappa shape index (κ2) is 7.55. The van der Waals surface area contributed by atoms with Crippen LogP contribution in [-0.4, -0.2) is 29.9 Å². The van der Waals surface area contributed by atoms with Crippen LogP contribution in [0.15, 0.2) is 24.4 Å². The molecule has 2 amide bonds. The molecule has 2 rings (SSSR count). The molecule has 9 heteroatoms. The highest BCUT2D eigenvalue weighted by molar-refractivity contribution is 7.13. The average molecular weight is 348 g/mol. The molecule has 0 bridgehead atoms. The fourth-order valence-electron chi connectivity index (χ4n) is 1.87. The molecule has 0 unspecified atom stereocenters. The lowest BCUT2D eigenvalue weighted by atomic mass is 10.1. The Morgan fingerprint density at radius 2 is 2.08 bits per heavy atom. The van der Waals surface area contributed by atoms with Crippen LogP contribution in [0.25, 0.3) is 0 Å². The van der Waals surface area contributed by atoms with Crippen molar-refractivity contribution in [3.8, 4) is 0 Å². The summed E-state index contributed by atoms with van der Waals surface area (Å²) in [4.78, 5) is 39.1. The number of hydrogen-bond donors (Lipinski definition) is 3. The number of thiazole rings is 1. The van der Waals surface area contributed by atoms with E-state index in [1.165, 1.54) is 26.3 Å². The lowest BCUT2D eigenvalue weighted by Gasteiger charge is -2.09. The first kappa shape index (κ1) is 17.4. The van der Waals surface area contributed by atoms with Gasteiger partial charge in [-0.05, 0) is 18.2 Å². The first-order valence-corrected chi connectivity index (χ1v) is 7.70. The summed E-state index contributed by atoms with van der Waals surface area (Å²) in [5.74, 6) is -1.13. The van der Waals surface area contributed by atoms with Crippen LogP contribution in [0.5, 0.6) is 0 Å². The third kappa shape index (κ3) is 4.29. The quantitative estimate of drug-likeness (QED) is 0.554.